The molecule has 2 atom stereocenters. The Morgan fingerprint density at radius 2 is 1.91 bits per heavy atom. The minimum atomic E-state index is -4.49. The number of aliphatic hydroxyl groups excluding tert-OH is 1. The van der Waals surface area contributed by atoms with Crippen LogP contribution in [-0.4, -0.2) is 53.7 Å². The lowest BCUT2D eigenvalue weighted by Crippen LogP contribution is -2.42. The molecular formula is C20H18F3N3O5S. The zero-order valence-electron chi connectivity index (χ0n) is 16.3. The minimum absolute atomic E-state index is 0.0117. The van der Waals surface area contributed by atoms with Crippen molar-refractivity contribution < 1.29 is 36.9 Å². The Balaban J connectivity index is 1.47. The molecule has 1 saturated heterocycles. The topological polar surface area (TPSA) is 125 Å². The lowest BCUT2D eigenvalue weighted by Gasteiger charge is -2.25. The van der Waals surface area contributed by atoms with Gasteiger partial charge in [0.25, 0.3) is 5.91 Å². The molecule has 0 unspecified atom stereocenters. The molecule has 1 aliphatic rings. The highest BCUT2D eigenvalue weighted by molar-refractivity contribution is 8.24. The van der Waals surface area contributed by atoms with E-state index in [2.05, 4.69) is 15.3 Å². The van der Waals surface area contributed by atoms with Crippen LogP contribution in [0.2, 0.25) is 0 Å². The molecule has 0 spiro atoms. The number of aromatic nitrogens is 2. The number of hydrogen-bond donors (Lipinski definition) is 4. The first-order valence-electron chi connectivity index (χ1n) is 9.35. The van der Waals surface area contributed by atoms with Gasteiger partial charge < -0.3 is 15.2 Å². The molecule has 1 amide bonds. The van der Waals surface area contributed by atoms with Crippen molar-refractivity contribution in [1.29, 1.82) is 0 Å². The van der Waals surface area contributed by atoms with Gasteiger partial charge in [-0.15, -0.1) is 0 Å². The zero-order chi connectivity index (χ0) is 23.1. The Labute approximate surface area is 181 Å². The number of ether oxygens (including phenoxy) is 1. The number of carbonyl (C=O) groups excluding carboxylic acids is 1. The zero-order valence-corrected chi connectivity index (χ0v) is 17.1. The van der Waals surface area contributed by atoms with Gasteiger partial charge in [-0.3, -0.25) is 13.9 Å². The maximum absolute atomic E-state index is 12.6. The summed E-state index contributed by atoms with van der Waals surface area (Å²) < 4.78 is 62.7. The summed E-state index contributed by atoms with van der Waals surface area (Å²) in [6.45, 7) is 0. The van der Waals surface area contributed by atoms with Crippen molar-refractivity contribution >= 4 is 27.4 Å². The Bertz CT molecular complexity index is 1160. The molecule has 0 bridgehead atoms. The van der Waals surface area contributed by atoms with E-state index < -0.39 is 40.4 Å². The molecule has 2 aromatic heterocycles. The normalized spacial score (nSPS) is 21.3. The van der Waals surface area contributed by atoms with E-state index in [-0.39, 0.29) is 23.1 Å². The first-order valence-corrected chi connectivity index (χ1v) is 11.2. The molecule has 0 aliphatic carbocycles. The standard InChI is InChI=1S/C20H18F3N3O5S/c21-20(22,23)12-2-6-18(24-8-12)31-13-3-5-14-11(7-13)1-4-15(25-14)19(28)26-16-9-32(29,30)10-17(16)27/h1-8,16-17,27,29-30H,9-10H2,(H,26,28)/t16-,17-/m0/s1. The number of fused-ring (bicyclic) bond motifs is 1. The second-order valence-corrected chi connectivity index (χ2v) is 9.59. The highest BCUT2D eigenvalue weighted by Gasteiger charge is 2.37. The largest absolute Gasteiger partial charge is 0.439 e. The molecule has 0 saturated carbocycles. The van der Waals surface area contributed by atoms with Crippen molar-refractivity contribution in [3.63, 3.8) is 0 Å². The number of amides is 1. The van der Waals surface area contributed by atoms with Crippen LogP contribution in [0.4, 0.5) is 13.2 Å². The molecule has 0 radical (unpaired) electrons. The van der Waals surface area contributed by atoms with E-state index in [1.807, 2.05) is 0 Å². The van der Waals surface area contributed by atoms with Gasteiger partial charge in [0.15, 0.2) is 0 Å². The van der Waals surface area contributed by atoms with Crippen LogP contribution in [0.3, 0.4) is 0 Å². The summed E-state index contributed by atoms with van der Waals surface area (Å²) in [5, 5.41) is 13.1. The Morgan fingerprint density at radius 1 is 1.12 bits per heavy atom. The van der Waals surface area contributed by atoms with Crippen molar-refractivity contribution in [2.75, 3.05) is 11.5 Å². The van der Waals surface area contributed by atoms with Gasteiger partial charge in [-0.05, 0) is 30.3 Å². The monoisotopic (exact) mass is 469 g/mol. The van der Waals surface area contributed by atoms with Gasteiger partial charge in [0.05, 0.1) is 34.7 Å². The van der Waals surface area contributed by atoms with Gasteiger partial charge in [0, 0.05) is 17.6 Å². The third-order valence-corrected chi connectivity index (χ3v) is 6.61. The van der Waals surface area contributed by atoms with Gasteiger partial charge >= 0.3 is 6.18 Å². The fourth-order valence-electron chi connectivity index (χ4n) is 3.26. The quantitative estimate of drug-likeness (QED) is 0.460. The van der Waals surface area contributed by atoms with E-state index in [0.29, 0.717) is 22.8 Å². The molecule has 12 heteroatoms. The maximum Gasteiger partial charge on any atom is 0.417 e. The lowest BCUT2D eigenvalue weighted by molar-refractivity contribution is -0.137. The Morgan fingerprint density at radius 3 is 2.53 bits per heavy atom. The molecule has 3 aromatic rings. The average Bonchev–Trinajstić information content (AvgIpc) is 2.98. The van der Waals surface area contributed by atoms with E-state index in [0.717, 1.165) is 12.1 Å². The van der Waals surface area contributed by atoms with Crippen molar-refractivity contribution in [3.8, 4) is 11.6 Å². The maximum atomic E-state index is 12.6. The van der Waals surface area contributed by atoms with Crippen LogP contribution < -0.4 is 10.1 Å². The van der Waals surface area contributed by atoms with Crippen molar-refractivity contribution in [2.45, 2.75) is 18.3 Å². The number of carbonyl (C=O) groups is 1. The molecular weight excluding hydrogens is 451 g/mol. The molecule has 170 valence electrons. The highest BCUT2D eigenvalue weighted by atomic mass is 32.3. The van der Waals surface area contributed by atoms with Crippen LogP contribution in [0.25, 0.3) is 10.9 Å². The summed E-state index contributed by atoms with van der Waals surface area (Å²) in [6, 6.07) is 8.98. The van der Waals surface area contributed by atoms with E-state index in [9.17, 15) is 32.2 Å². The van der Waals surface area contributed by atoms with Crippen LogP contribution in [0.15, 0.2) is 48.7 Å². The van der Waals surface area contributed by atoms with Crippen LogP contribution >= 0.6 is 10.6 Å². The number of benzene rings is 1. The van der Waals surface area contributed by atoms with E-state index in [1.165, 1.54) is 12.1 Å². The predicted octanol–water partition coefficient (Wildman–Crippen LogP) is 3.66. The smallest absolute Gasteiger partial charge is 0.417 e. The van der Waals surface area contributed by atoms with Crippen LogP contribution in [-0.2, 0) is 6.18 Å². The summed E-state index contributed by atoms with van der Waals surface area (Å²) in [6.07, 6.45) is -4.85. The molecule has 8 nitrogen and oxygen atoms in total. The second kappa shape index (κ2) is 8.20. The number of alkyl halides is 3. The van der Waals surface area contributed by atoms with Gasteiger partial charge in [0.1, 0.15) is 11.4 Å². The number of nitrogens with one attached hydrogen (secondary N) is 1. The summed E-state index contributed by atoms with van der Waals surface area (Å²) >= 11 is 0. The third-order valence-electron chi connectivity index (χ3n) is 4.84. The molecule has 3 heterocycles. The summed E-state index contributed by atoms with van der Waals surface area (Å²) in [5.74, 6) is -0.556. The number of pyridine rings is 2. The highest BCUT2D eigenvalue weighted by Crippen LogP contribution is 2.45. The summed E-state index contributed by atoms with van der Waals surface area (Å²) in [7, 11) is -2.91. The van der Waals surface area contributed by atoms with E-state index >= 15 is 0 Å². The number of aliphatic hydroxyl groups is 1. The summed E-state index contributed by atoms with van der Waals surface area (Å²) in [4.78, 5) is 20.4. The predicted molar refractivity (Wildman–Crippen MR) is 111 cm³/mol. The molecule has 32 heavy (non-hydrogen) atoms. The minimum Gasteiger partial charge on any atom is -0.439 e. The lowest BCUT2D eigenvalue weighted by atomic mass is 10.1. The van der Waals surface area contributed by atoms with Gasteiger partial charge in [-0.2, -0.15) is 23.8 Å². The Hall–Kier alpha value is -2.93. The SMILES string of the molecule is O=C(N[C@H]1CS(O)(O)C[C@@H]1O)c1ccc2cc(Oc3ccc(C(F)(F)F)cn3)ccc2n1. The van der Waals surface area contributed by atoms with E-state index in [1.54, 1.807) is 18.2 Å². The third kappa shape index (κ3) is 4.93. The Kier molecular flexibility index (Phi) is 5.71. The van der Waals surface area contributed by atoms with Crippen molar-refractivity contribution in [1.82, 2.24) is 15.3 Å². The first-order chi connectivity index (χ1) is 15.0. The number of rotatable bonds is 4. The summed E-state index contributed by atoms with van der Waals surface area (Å²) in [5.41, 5.74) is -0.346. The fraction of sp³-hybridized carbons (Fsp3) is 0.250. The van der Waals surface area contributed by atoms with E-state index in [4.69, 9.17) is 4.74 Å². The molecule has 1 aliphatic heterocycles. The van der Waals surface area contributed by atoms with Gasteiger partial charge in [0.2, 0.25) is 5.88 Å². The van der Waals surface area contributed by atoms with Gasteiger partial charge in [-0.1, -0.05) is 6.07 Å². The number of halogens is 3. The van der Waals surface area contributed by atoms with Crippen LogP contribution in [0.1, 0.15) is 16.1 Å². The van der Waals surface area contributed by atoms with Gasteiger partial charge in [-0.25, -0.2) is 9.97 Å². The molecule has 4 rings (SSSR count). The number of hydrogen-bond acceptors (Lipinski definition) is 7. The van der Waals surface area contributed by atoms with Crippen LogP contribution in [0, 0.1) is 0 Å². The second-order valence-electron chi connectivity index (χ2n) is 7.32. The first kappa shape index (κ1) is 22.3. The molecule has 1 aromatic carbocycles. The van der Waals surface area contributed by atoms with Crippen molar-refractivity contribution in [3.05, 3.63) is 59.9 Å². The average molecular weight is 469 g/mol. The molecule has 4 N–H and O–H groups in total. The molecule has 1 fully saturated rings. The number of nitrogens with zero attached hydrogens (tertiary/aromatic N) is 2. The van der Waals surface area contributed by atoms with Crippen molar-refractivity contribution in [2.24, 2.45) is 0 Å². The fourth-order valence-corrected chi connectivity index (χ4v) is 5.06. The van der Waals surface area contributed by atoms with Crippen LogP contribution in [0.5, 0.6) is 11.6 Å².